The highest BCUT2D eigenvalue weighted by Crippen LogP contribution is 2.29. The Bertz CT molecular complexity index is 502. The molecule has 90 valence electrons. The van der Waals surface area contributed by atoms with Crippen LogP contribution in [0.2, 0.25) is 10.0 Å². The van der Waals surface area contributed by atoms with Crippen LogP contribution in [0, 0.1) is 6.92 Å². The van der Waals surface area contributed by atoms with E-state index in [1.54, 1.807) is 6.26 Å². The van der Waals surface area contributed by atoms with Gasteiger partial charge in [0.05, 0.1) is 12.3 Å². The maximum Gasteiger partial charge on any atom is 0.123 e. The van der Waals surface area contributed by atoms with Gasteiger partial charge in [0, 0.05) is 10.0 Å². The van der Waals surface area contributed by atoms with Crippen LogP contribution in [-0.4, -0.2) is 0 Å². The first-order chi connectivity index (χ1) is 8.09. The topological polar surface area (TPSA) is 39.2 Å². The van der Waals surface area contributed by atoms with Gasteiger partial charge in [0.15, 0.2) is 0 Å². The quantitative estimate of drug-likeness (QED) is 0.910. The molecule has 2 nitrogen and oxygen atoms in total. The van der Waals surface area contributed by atoms with E-state index in [0.29, 0.717) is 16.5 Å². The van der Waals surface area contributed by atoms with Gasteiger partial charge in [0.25, 0.3) is 0 Å². The zero-order valence-electron chi connectivity index (χ0n) is 9.41. The van der Waals surface area contributed by atoms with Gasteiger partial charge in [-0.1, -0.05) is 29.3 Å². The summed E-state index contributed by atoms with van der Waals surface area (Å²) in [6.07, 6.45) is 2.20. The average molecular weight is 270 g/mol. The van der Waals surface area contributed by atoms with E-state index in [9.17, 15) is 0 Å². The van der Waals surface area contributed by atoms with Crippen LogP contribution in [0.25, 0.3) is 0 Å². The second kappa shape index (κ2) is 5.13. The molecule has 1 aromatic carbocycles. The molecule has 0 bridgehead atoms. The van der Waals surface area contributed by atoms with E-state index >= 15 is 0 Å². The molecule has 0 aliphatic heterocycles. The van der Waals surface area contributed by atoms with Crippen molar-refractivity contribution in [2.24, 2.45) is 5.73 Å². The second-order valence-electron chi connectivity index (χ2n) is 3.98. The van der Waals surface area contributed by atoms with Gasteiger partial charge in [-0.25, -0.2) is 0 Å². The zero-order chi connectivity index (χ0) is 12.4. The number of halogens is 2. The van der Waals surface area contributed by atoms with E-state index in [1.165, 1.54) is 0 Å². The molecule has 1 unspecified atom stereocenters. The van der Waals surface area contributed by atoms with Gasteiger partial charge in [0.1, 0.15) is 5.76 Å². The minimum Gasteiger partial charge on any atom is -0.467 e. The summed E-state index contributed by atoms with van der Waals surface area (Å²) in [6.45, 7) is 1.97. The Morgan fingerprint density at radius 1 is 1.24 bits per heavy atom. The molecule has 4 heteroatoms. The molecule has 0 amide bonds. The predicted molar refractivity (Wildman–Crippen MR) is 70.5 cm³/mol. The van der Waals surface area contributed by atoms with E-state index in [0.717, 1.165) is 16.9 Å². The molecule has 1 aromatic heterocycles. The minimum atomic E-state index is -0.234. The van der Waals surface area contributed by atoms with E-state index < -0.39 is 0 Å². The highest BCUT2D eigenvalue weighted by Gasteiger charge is 2.16. The van der Waals surface area contributed by atoms with Crippen molar-refractivity contribution in [1.29, 1.82) is 0 Å². The zero-order valence-corrected chi connectivity index (χ0v) is 10.9. The highest BCUT2D eigenvalue weighted by atomic mass is 35.5. The van der Waals surface area contributed by atoms with Gasteiger partial charge in [-0.3, -0.25) is 0 Å². The van der Waals surface area contributed by atoms with Crippen LogP contribution in [0.3, 0.4) is 0 Å². The molecule has 0 radical (unpaired) electrons. The lowest BCUT2D eigenvalue weighted by atomic mass is 10.0. The third-order valence-corrected chi connectivity index (χ3v) is 3.43. The Hall–Kier alpha value is -0.960. The molecule has 1 atom stereocenters. The van der Waals surface area contributed by atoms with Crippen molar-refractivity contribution in [2.45, 2.75) is 19.4 Å². The summed E-state index contributed by atoms with van der Waals surface area (Å²) in [7, 11) is 0. The van der Waals surface area contributed by atoms with Crippen LogP contribution >= 0.6 is 23.2 Å². The fraction of sp³-hybridized carbons (Fsp3) is 0.231. The van der Waals surface area contributed by atoms with E-state index in [4.69, 9.17) is 33.4 Å². The van der Waals surface area contributed by atoms with Crippen molar-refractivity contribution in [3.63, 3.8) is 0 Å². The monoisotopic (exact) mass is 269 g/mol. The number of hydrogen-bond acceptors (Lipinski definition) is 2. The summed E-state index contributed by atoms with van der Waals surface area (Å²) in [5.74, 6) is 0.779. The molecule has 0 saturated heterocycles. The maximum atomic E-state index is 6.10. The van der Waals surface area contributed by atoms with Gasteiger partial charge in [-0.2, -0.15) is 0 Å². The summed E-state index contributed by atoms with van der Waals surface area (Å²) >= 11 is 12.2. The Morgan fingerprint density at radius 2 is 1.88 bits per heavy atom. The number of nitrogens with two attached hydrogens (primary N) is 1. The molecule has 2 N–H and O–H groups in total. The molecule has 17 heavy (non-hydrogen) atoms. The van der Waals surface area contributed by atoms with Crippen LogP contribution in [0.1, 0.15) is 22.9 Å². The Morgan fingerprint density at radius 3 is 2.41 bits per heavy atom. The van der Waals surface area contributed by atoms with Gasteiger partial charge in [-0.15, -0.1) is 0 Å². The minimum absolute atomic E-state index is 0.234. The van der Waals surface area contributed by atoms with Crippen molar-refractivity contribution < 1.29 is 4.42 Å². The smallest absolute Gasteiger partial charge is 0.123 e. The summed E-state index contributed by atoms with van der Waals surface area (Å²) in [5.41, 5.74) is 8.00. The first kappa shape index (κ1) is 12.5. The van der Waals surface area contributed by atoms with E-state index in [1.807, 2.05) is 31.2 Å². The van der Waals surface area contributed by atoms with Crippen LogP contribution in [0.15, 0.2) is 34.9 Å². The molecule has 1 heterocycles. The van der Waals surface area contributed by atoms with Crippen LogP contribution in [0.4, 0.5) is 0 Å². The maximum absolute atomic E-state index is 6.10. The first-order valence-corrected chi connectivity index (χ1v) is 6.07. The summed E-state index contributed by atoms with van der Waals surface area (Å²) < 4.78 is 5.37. The van der Waals surface area contributed by atoms with Crippen molar-refractivity contribution in [1.82, 2.24) is 0 Å². The fourth-order valence-corrected chi connectivity index (χ4v) is 2.36. The number of benzene rings is 1. The van der Waals surface area contributed by atoms with E-state index in [-0.39, 0.29) is 6.04 Å². The first-order valence-electron chi connectivity index (χ1n) is 5.32. The molecule has 0 aliphatic carbocycles. The third kappa shape index (κ3) is 2.65. The molecule has 0 fully saturated rings. The van der Waals surface area contributed by atoms with Crippen molar-refractivity contribution >= 4 is 23.2 Å². The Balaban J connectivity index is 2.25. The molecule has 0 saturated carbocycles. The summed E-state index contributed by atoms with van der Waals surface area (Å²) in [6, 6.07) is 7.10. The Kier molecular flexibility index (Phi) is 3.77. The lowest BCUT2D eigenvalue weighted by molar-refractivity contribution is 0.461. The standard InChI is InChI=1S/C13H13Cl2NO/c1-8-5-6-17-13(8)12(16)7-9-10(14)3-2-4-11(9)15/h2-6,12H,7,16H2,1H3. The molecular weight excluding hydrogens is 257 g/mol. The largest absolute Gasteiger partial charge is 0.467 e. The van der Waals surface area contributed by atoms with Crippen molar-refractivity contribution in [2.75, 3.05) is 0 Å². The summed E-state index contributed by atoms with van der Waals surface area (Å²) in [4.78, 5) is 0. The number of aryl methyl sites for hydroxylation is 1. The SMILES string of the molecule is Cc1ccoc1C(N)Cc1c(Cl)cccc1Cl. The van der Waals surface area contributed by atoms with Gasteiger partial charge in [0.2, 0.25) is 0 Å². The number of furan rings is 1. The Labute approximate surface area is 110 Å². The van der Waals surface area contributed by atoms with Crippen LogP contribution in [-0.2, 0) is 6.42 Å². The second-order valence-corrected chi connectivity index (χ2v) is 4.79. The van der Waals surface area contributed by atoms with Gasteiger partial charge in [-0.05, 0) is 42.7 Å². The molecular formula is C13H13Cl2NO. The van der Waals surface area contributed by atoms with Gasteiger partial charge >= 0.3 is 0 Å². The van der Waals surface area contributed by atoms with Gasteiger partial charge < -0.3 is 10.2 Å². The summed E-state index contributed by atoms with van der Waals surface area (Å²) in [5, 5.41) is 1.27. The number of rotatable bonds is 3. The lowest BCUT2D eigenvalue weighted by Gasteiger charge is -2.12. The average Bonchev–Trinajstić information content (AvgIpc) is 2.70. The van der Waals surface area contributed by atoms with Crippen LogP contribution in [0.5, 0.6) is 0 Å². The van der Waals surface area contributed by atoms with Crippen LogP contribution < -0.4 is 5.73 Å². The fourth-order valence-electron chi connectivity index (χ4n) is 1.80. The van der Waals surface area contributed by atoms with Crippen molar-refractivity contribution in [3.05, 3.63) is 57.5 Å². The van der Waals surface area contributed by atoms with E-state index in [2.05, 4.69) is 0 Å². The molecule has 2 aromatic rings. The molecule has 0 aliphatic rings. The molecule has 2 rings (SSSR count). The lowest BCUT2D eigenvalue weighted by Crippen LogP contribution is -2.14. The normalized spacial score (nSPS) is 12.7. The molecule has 0 spiro atoms. The van der Waals surface area contributed by atoms with Crippen molar-refractivity contribution in [3.8, 4) is 0 Å². The predicted octanol–water partition coefficient (Wildman–Crippen LogP) is 4.14. The third-order valence-electron chi connectivity index (χ3n) is 2.72. The number of hydrogen-bond donors (Lipinski definition) is 1. The highest BCUT2D eigenvalue weighted by molar-refractivity contribution is 6.36.